The summed E-state index contributed by atoms with van der Waals surface area (Å²) in [5.41, 5.74) is -0.444. The van der Waals surface area contributed by atoms with E-state index in [9.17, 15) is 13.2 Å². The Morgan fingerprint density at radius 2 is 2.20 bits per heavy atom. The van der Waals surface area contributed by atoms with E-state index >= 15 is 0 Å². The van der Waals surface area contributed by atoms with Gasteiger partial charge in [-0.25, -0.2) is 4.79 Å². The first-order chi connectivity index (χ1) is 4.51. The minimum atomic E-state index is -3.61. The number of nitrogens with zero attached hydrogens (tertiary/aromatic N) is 1. The normalized spacial score (nSPS) is 20.6. The fourth-order valence-electron chi connectivity index (χ4n) is 0.459. The van der Waals surface area contributed by atoms with Crippen LogP contribution in [0, 0.1) is 0 Å². The monoisotopic (exact) mass is 161 g/mol. The number of rotatable bonds is 1. The van der Waals surface area contributed by atoms with Crippen LogP contribution in [0.3, 0.4) is 0 Å². The van der Waals surface area contributed by atoms with Crippen LogP contribution in [0.15, 0.2) is 15.9 Å². The molecule has 54 valence electrons. The van der Waals surface area contributed by atoms with Gasteiger partial charge in [-0.15, -0.1) is 0 Å². The van der Waals surface area contributed by atoms with Crippen LogP contribution < -0.4 is 0 Å². The van der Waals surface area contributed by atoms with Crippen LogP contribution >= 0.6 is 0 Å². The van der Waals surface area contributed by atoms with E-state index in [0.717, 1.165) is 11.5 Å². The zero-order valence-electron chi connectivity index (χ0n) is 4.68. The number of carboxylic acids is 1. The van der Waals surface area contributed by atoms with Crippen LogP contribution in [-0.4, -0.2) is 25.2 Å². The van der Waals surface area contributed by atoms with Crippen LogP contribution in [-0.2, 0) is 14.8 Å². The van der Waals surface area contributed by atoms with Crippen molar-refractivity contribution < 1.29 is 18.3 Å². The van der Waals surface area contributed by atoms with Crippen molar-refractivity contribution in [2.24, 2.45) is 4.40 Å². The molecule has 1 N–H and O–H groups in total. The zero-order chi connectivity index (χ0) is 7.78. The first kappa shape index (κ1) is 6.94. The fourth-order valence-corrected chi connectivity index (χ4v) is 1.23. The van der Waals surface area contributed by atoms with Gasteiger partial charge in [0.05, 0.1) is 5.41 Å². The molecule has 0 fully saturated rings. The summed E-state index contributed by atoms with van der Waals surface area (Å²) in [5.74, 6) is -1.34. The molecule has 0 saturated heterocycles. The SMILES string of the molecule is O=C(O)C1=NS(=O)(=O)C=C1. The van der Waals surface area contributed by atoms with Gasteiger partial charge < -0.3 is 5.11 Å². The van der Waals surface area contributed by atoms with Gasteiger partial charge in [0.15, 0.2) is 5.71 Å². The van der Waals surface area contributed by atoms with Crippen molar-refractivity contribution in [3.05, 3.63) is 11.5 Å². The molecular formula is C4H3NO4S. The third-order valence-electron chi connectivity index (χ3n) is 0.843. The van der Waals surface area contributed by atoms with Crippen molar-refractivity contribution in [2.75, 3.05) is 0 Å². The van der Waals surface area contributed by atoms with Gasteiger partial charge in [-0.3, -0.25) is 0 Å². The van der Waals surface area contributed by atoms with Gasteiger partial charge in [-0.1, -0.05) is 0 Å². The molecule has 0 atom stereocenters. The quantitative estimate of drug-likeness (QED) is 0.554. The molecule has 5 nitrogen and oxygen atoms in total. The first-order valence-corrected chi connectivity index (χ1v) is 3.78. The highest BCUT2D eigenvalue weighted by atomic mass is 32.2. The summed E-state index contributed by atoms with van der Waals surface area (Å²) in [6.45, 7) is 0. The number of sulfonamides is 1. The second-order valence-electron chi connectivity index (χ2n) is 1.60. The van der Waals surface area contributed by atoms with Gasteiger partial charge in [0.25, 0.3) is 10.0 Å². The number of carboxylic acid groups (broad SMARTS) is 1. The van der Waals surface area contributed by atoms with Gasteiger partial charge in [-0.05, 0) is 6.08 Å². The van der Waals surface area contributed by atoms with E-state index < -0.39 is 21.7 Å². The Kier molecular flexibility index (Phi) is 1.33. The molecular weight excluding hydrogens is 158 g/mol. The molecule has 0 aliphatic carbocycles. The van der Waals surface area contributed by atoms with Crippen molar-refractivity contribution in [1.29, 1.82) is 0 Å². The molecule has 0 bridgehead atoms. The molecule has 0 aromatic heterocycles. The summed E-state index contributed by atoms with van der Waals surface area (Å²) in [5, 5.41) is 8.95. The van der Waals surface area contributed by atoms with Gasteiger partial charge in [0.2, 0.25) is 0 Å². The van der Waals surface area contributed by atoms with Gasteiger partial charge >= 0.3 is 5.97 Å². The van der Waals surface area contributed by atoms with Crippen LogP contribution in [0.5, 0.6) is 0 Å². The van der Waals surface area contributed by atoms with Crippen molar-refractivity contribution in [2.45, 2.75) is 0 Å². The summed E-state index contributed by atoms with van der Waals surface area (Å²) >= 11 is 0. The highest BCUT2D eigenvalue weighted by Gasteiger charge is 2.17. The minimum absolute atomic E-state index is 0.444. The third kappa shape index (κ3) is 1.21. The number of aliphatic carboxylic acids is 1. The van der Waals surface area contributed by atoms with E-state index in [0.29, 0.717) is 0 Å². The van der Waals surface area contributed by atoms with Crippen LogP contribution in [0.1, 0.15) is 0 Å². The minimum Gasteiger partial charge on any atom is -0.476 e. The van der Waals surface area contributed by atoms with Crippen LogP contribution in [0.25, 0.3) is 0 Å². The Hall–Kier alpha value is -1.17. The van der Waals surface area contributed by atoms with Crippen molar-refractivity contribution in [3.63, 3.8) is 0 Å². The molecule has 0 spiro atoms. The molecule has 0 amide bonds. The van der Waals surface area contributed by atoms with Gasteiger partial charge in [0.1, 0.15) is 0 Å². The molecule has 0 saturated carbocycles. The number of hydrogen-bond acceptors (Lipinski definition) is 3. The molecule has 0 radical (unpaired) electrons. The Balaban J connectivity index is 3.11. The lowest BCUT2D eigenvalue weighted by atomic mass is 10.4. The predicted molar refractivity (Wildman–Crippen MR) is 33.1 cm³/mol. The van der Waals surface area contributed by atoms with Crippen molar-refractivity contribution >= 4 is 21.7 Å². The Bertz CT molecular complexity index is 323. The van der Waals surface area contributed by atoms with E-state index in [1.807, 2.05) is 0 Å². The van der Waals surface area contributed by atoms with Gasteiger partial charge in [0, 0.05) is 0 Å². The summed E-state index contributed by atoms with van der Waals surface area (Å²) < 4.78 is 23.7. The summed E-state index contributed by atoms with van der Waals surface area (Å²) in [6, 6.07) is 0. The van der Waals surface area contributed by atoms with E-state index in [4.69, 9.17) is 5.11 Å². The maximum absolute atomic E-state index is 10.4. The fraction of sp³-hybridized carbons (Fsp3) is 0. The molecule has 0 aromatic rings. The molecule has 1 aliphatic rings. The highest BCUT2D eigenvalue weighted by molar-refractivity contribution is 7.93. The van der Waals surface area contributed by atoms with Crippen molar-refractivity contribution in [1.82, 2.24) is 0 Å². The molecule has 1 aliphatic heterocycles. The van der Waals surface area contributed by atoms with E-state index in [-0.39, 0.29) is 0 Å². The average molecular weight is 161 g/mol. The smallest absolute Gasteiger partial charge is 0.355 e. The number of carbonyl (C=O) groups is 1. The summed E-state index contributed by atoms with van der Waals surface area (Å²) in [4.78, 5) is 10.0. The standard InChI is InChI=1S/C4H3NO4S/c6-4(7)3-1-2-10(8,9)5-3/h1-2H,(H,6,7). The van der Waals surface area contributed by atoms with Crippen LogP contribution in [0.4, 0.5) is 0 Å². The zero-order valence-corrected chi connectivity index (χ0v) is 5.50. The van der Waals surface area contributed by atoms with E-state index in [2.05, 4.69) is 4.40 Å². The lowest BCUT2D eigenvalue weighted by Crippen LogP contribution is -2.07. The number of hydrogen-bond donors (Lipinski definition) is 1. The summed E-state index contributed by atoms with van der Waals surface area (Å²) in [6.07, 6.45) is 0.942. The lowest BCUT2D eigenvalue weighted by Gasteiger charge is -1.82. The second kappa shape index (κ2) is 1.91. The largest absolute Gasteiger partial charge is 0.476 e. The molecule has 0 aromatic carbocycles. The average Bonchev–Trinajstić information content (AvgIpc) is 2.10. The van der Waals surface area contributed by atoms with E-state index in [1.54, 1.807) is 0 Å². The summed E-state index contributed by atoms with van der Waals surface area (Å²) in [7, 11) is -3.61. The Labute approximate surface area is 56.8 Å². The van der Waals surface area contributed by atoms with E-state index in [1.165, 1.54) is 0 Å². The van der Waals surface area contributed by atoms with Crippen LogP contribution in [0.2, 0.25) is 0 Å². The topological polar surface area (TPSA) is 83.8 Å². The van der Waals surface area contributed by atoms with Gasteiger partial charge in [-0.2, -0.15) is 12.8 Å². The van der Waals surface area contributed by atoms with Crippen molar-refractivity contribution in [3.8, 4) is 0 Å². The third-order valence-corrected chi connectivity index (χ3v) is 1.77. The highest BCUT2D eigenvalue weighted by Crippen LogP contribution is 2.04. The molecule has 0 unspecified atom stereocenters. The predicted octanol–water partition coefficient (Wildman–Crippen LogP) is -0.631. The molecule has 1 heterocycles. The second-order valence-corrected chi connectivity index (χ2v) is 3.08. The Morgan fingerprint density at radius 3 is 2.40 bits per heavy atom. The lowest BCUT2D eigenvalue weighted by molar-refractivity contribution is -0.129. The first-order valence-electron chi connectivity index (χ1n) is 2.27. The maximum Gasteiger partial charge on any atom is 0.355 e. The molecule has 6 heteroatoms. The maximum atomic E-state index is 10.4. The molecule has 1 rings (SSSR count). The Morgan fingerprint density at radius 1 is 1.60 bits per heavy atom. The molecule has 10 heavy (non-hydrogen) atoms.